The molecule has 0 atom stereocenters. The number of nitro groups is 1. The summed E-state index contributed by atoms with van der Waals surface area (Å²) in [5.74, 6) is 1.07. The Labute approximate surface area is 173 Å². The zero-order valence-corrected chi connectivity index (χ0v) is 16.1. The van der Waals surface area contributed by atoms with Gasteiger partial charge in [0.2, 0.25) is 5.91 Å². The van der Waals surface area contributed by atoms with Crippen molar-refractivity contribution in [3.63, 3.8) is 0 Å². The van der Waals surface area contributed by atoms with Crippen LogP contribution in [-0.2, 0) is 4.79 Å². The van der Waals surface area contributed by atoms with Gasteiger partial charge in [-0.3, -0.25) is 14.9 Å². The fourth-order valence-electron chi connectivity index (χ4n) is 2.56. The lowest BCUT2D eigenvalue weighted by Gasteiger charge is -2.09. The summed E-state index contributed by atoms with van der Waals surface area (Å²) in [6.45, 7) is 0.769. The molecule has 0 saturated heterocycles. The highest BCUT2D eigenvalue weighted by atomic mass is 16.6. The first-order chi connectivity index (χ1) is 14.6. The molecular weight excluding hydrogens is 384 g/mol. The SMILES string of the molecule is O=C(/C=C/c1ccc([N+](=O)[O-])cc1)Nc1cccc(OCCOc2ccccc2)c1. The molecule has 30 heavy (non-hydrogen) atoms. The number of nitro benzene ring substituents is 1. The molecule has 1 amide bonds. The summed E-state index contributed by atoms with van der Waals surface area (Å²) in [4.78, 5) is 22.3. The number of nitrogens with one attached hydrogen (secondary N) is 1. The van der Waals surface area contributed by atoms with Crippen molar-refractivity contribution in [1.29, 1.82) is 0 Å². The van der Waals surface area contributed by atoms with Crippen molar-refractivity contribution in [2.24, 2.45) is 0 Å². The minimum absolute atomic E-state index is 0.00239. The third-order valence-electron chi connectivity index (χ3n) is 4.00. The predicted molar refractivity (Wildman–Crippen MR) is 115 cm³/mol. The van der Waals surface area contributed by atoms with Gasteiger partial charge < -0.3 is 14.8 Å². The van der Waals surface area contributed by atoms with Gasteiger partial charge in [-0.05, 0) is 48.0 Å². The van der Waals surface area contributed by atoms with E-state index >= 15 is 0 Å². The van der Waals surface area contributed by atoms with E-state index in [1.807, 2.05) is 30.3 Å². The molecule has 7 nitrogen and oxygen atoms in total. The van der Waals surface area contributed by atoms with Crippen molar-refractivity contribution in [1.82, 2.24) is 0 Å². The van der Waals surface area contributed by atoms with Crippen molar-refractivity contribution in [3.8, 4) is 11.5 Å². The number of rotatable bonds is 9. The fraction of sp³-hybridized carbons (Fsp3) is 0.0870. The van der Waals surface area contributed by atoms with Crippen LogP contribution in [-0.4, -0.2) is 24.0 Å². The van der Waals surface area contributed by atoms with Gasteiger partial charge in [-0.15, -0.1) is 0 Å². The summed E-state index contributed by atoms with van der Waals surface area (Å²) in [6.07, 6.45) is 2.95. The van der Waals surface area contributed by atoms with Crippen molar-refractivity contribution >= 4 is 23.4 Å². The number of non-ortho nitro benzene ring substituents is 1. The molecule has 0 unspecified atom stereocenters. The molecule has 0 spiro atoms. The summed E-state index contributed by atoms with van der Waals surface area (Å²) < 4.78 is 11.2. The van der Waals surface area contributed by atoms with Gasteiger partial charge in [0, 0.05) is 30.0 Å². The van der Waals surface area contributed by atoms with E-state index in [1.54, 1.807) is 42.5 Å². The number of nitrogens with zero attached hydrogens (tertiary/aromatic N) is 1. The first-order valence-electron chi connectivity index (χ1n) is 9.24. The van der Waals surface area contributed by atoms with Crippen LogP contribution in [0.15, 0.2) is 84.9 Å². The molecular formula is C23H20N2O5. The quantitative estimate of drug-likeness (QED) is 0.241. The number of hydrogen-bond acceptors (Lipinski definition) is 5. The van der Waals surface area contributed by atoms with E-state index in [0.29, 0.717) is 30.2 Å². The fourth-order valence-corrected chi connectivity index (χ4v) is 2.56. The van der Waals surface area contributed by atoms with Crippen LogP contribution in [0.1, 0.15) is 5.56 Å². The molecule has 0 heterocycles. The van der Waals surface area contributed by atoms with Gasteiger partial charge in [0.15, 0.2) is 0 Å². The van der Waals surface area contributed by atoms with Gasteiger partial charge in [-0.2, -0.15) is 0 Å². The molecule has 1 N–H and O–H groups in total. The van der Waals surface area contributed by atoms with Crippen molar-refractivity contribution in [2.75, 3.05) is 18.5 Å². The summed E-state index contributed by atoms with van der Waals surface area (Å²) in [5, 5.41) is 13.4. The van der Waals surface area contributed by atoms with Crippen LogP contribution in [0.5, 0.6) is 11.5 Å². The Morgan fingerprint density at radius 2 is 1.57 bits per heavy atom. The van der Waals surface area contributed by atoms with Gasteiger partial charge in [0.25, 0.3) is 5.69 Å². The second-order valence-electron chi connectivity index (χ2n) is 6.21. The second kappa shape index (κ2) is 10.4. The number of amides is 1. The summed E-state index contributed by atoms with van der Waals surface area (Å²) >= 11 is 0. The number of anilines is 1. The minimum atomic E-state index is -0.469. The molecule has 0 saturated carbocycles. The summed E-state index contributed by atoms with van der Waals surface area (Å²) in [6, 6.07) is 22.5. The lowest BCUT2D eigenvalue weighted by molar-refractivity contribution is -0.384. The van der Waals surface area contributed by atoms with Gasteiger partial charge in [-0.1, -0.05) is 24.3 Å². The highest BCUT2D eigenvalue weighted by molar-refractivity contribution is 6.02. The number of hydrogen-bond donors (Lipinski definition) is 1. The molecule has 3 rings (SSSR count). The zero-order valence-electron chi connectivity index (χ0n) is 16.1. The molecule has 0 aliphatic rings. The molecule has 0 bridgehead atoms. The first-order valence-corrected chi connectivity index (χ1v) is 9.24. The van der Waals surface area contributed by atoms with E-state index < -0.39 is 4.92 Å². The van der Waals surface area contributed by atoms with Crippen molar-refractivity contribution < 1.29 is 19.2 Å². The Morgan fingerprint density at radius 1 is 0.900 bits per heavy atom. The van der Waals surface area contributed by atoms with Crippen LogP contribution in [0, 0.1) is 10.1 Å². The van der Waals surface area contributed by atoms with Gasteiger partial charge in [0.05, 0.1) is 4.92 Å². The molecule has 0 fully saturated rings. The summed E-state index contributed by atoms with van der Waals surface area (Å²) in [5.41, 5.74) is 1.28. The Bertz CT molecular complexity index is 1020. The highest BCUT2D eigenvalue weighted by Crippen LogP contribution is 2.18. The second-order valence-corrected chi connectivity index (χ2v) is 6.21. The van der Waals surface area contributed by atoms with E-state index in [1.165, 1.54) is 18.2 Å². The number of ether oxygens (including phenoxy) is 2. The average Bonchev–Trinajstić information content (AvgIpc) is 2.76. The van der Waals surface area contributed by atoms with Crippen LogP contribution in [0.25, 0.3) is 6.08 Å². The standard InChI is InChI=1S/C23H20N2O5/c26-23(14-11-18-9-12-20(13-10-18)25(27)28)24-19-5-4-8-22(17-19)30-16-15-29-21-6-2-1-3-7-21/h1-14,17H,15-16H2,(H,24,26)/b14-11+. The average molecular weight is 404 g/mol. The Hall–Kier alpha value is -4.13. The largest absolute Gasteiger partial charge is 0.490 e. The Morgan fingerprint density at radius 3 is 2.27 bits per heavy atom. The maximum absolute atomic E-state index is 12.1. The molecule has 3 aromatic rings. The third kappa shape index (κ3) is 6.49. The molecule has 3 aromatic carbocycles. The van der Waals surface area contributed by atoms with Crippen LogP contribution >= 0.6 is 0 Å². The highest BCUT2D eigenvalue weighted by Gasteiger charge is 2.04. The third-order valence-corrected chi connectivity index (χ3v) is 4.00. The molecule has 0 aliphatic carbocycles. The molecule has 0 aromatic heterocycles. The van der Waals surface area contributed by atoms with E-state index in [2.05, 4.69) is 5.32 Å². The van der Waals surface area contributed by atoms with E-state index in [0.717, 1.165) is 5.75 Å². The van der Waals surface area contributed by atoms with Crippen LogP contribution in [0.3, 0.4) is 0 Å². The normalized spacial score (nSPS) is 10.5. The van der Waals surface area contributed by atoms with Gasteiger partial charge in [0.1, 0.15) is 24.7 Å². The molecule has 0 radical (unpaired) electrons. The van der Waals surface area contributed by atoms with E-state index in [9.17, 15) is 14.9 Å². The molecule has 0 aliphatic heterocycles. The summed E-state index contributed by atoms with van der Waals surface area (Å²) in [7, 11) is 0. The van der Waals surface area contributed by atoms with E-state index in [-0.39, 0.29) is 11.6 Å². The smallest absolute Gasteiger partial charge is 0.269 e. The van der Waals surface area contributed by atoms with E-state index in [4.69, 9.17) is 9.47 Å². The van der Waals surface area contributed by atoms with Crippen molar-refractivity contribution in [2.45, 2.75) is 0 Å². The van der Waals surface area contributed by atoms with Gasteiger partial charge in [-0.25, -0.2) is 0 Å². The molecule has 152 valence electrons. The lowest BCUT2D eigenvalue weighted by Crippen LogP contribution is -2.10. The maximum Gasteiger partial charge on any atom is 0.269 e. The van der Waals surface area contributed by atoms with Crippen molar-refractivity contribution in [3.05, 3.63) is 101 Å². The molecule has 7 heteroatoms. The monoisotopic (exact) mass is 404 g/mol. The van der Waals surface area contributed by atoms with Gasteiger partial charge >= 0.3 is 0 Å². The minimum Gasteiger partial charge on any atom is -0.490 e. The Balaban J connectivity index is 1.47. The topological polar surface area (TPSA) is 90.7 Å². The first kappa shape index (κ1) is 20.6. The van der Waals surface area contributed by atoms with Crippen LogP contribution in [0.4, 0.5) is 11.4 Å². The van der Waals surface area contributed by atoms with Crippen LogP contribution in [0.2, 0.25) is 0 Å². The maximum atomic E-state index is 12.1. The van der Waals surface area contributed by atoms with Crippen LogP contribution < -0.4 is 14.8 Å². The number of para-hydroxylation sites is 1. The number of carbonyl (C=O) groups is 1. The Kier molecular flexibility index (Phi) is 7.16. The lowest BCUT2D eigenvalue weighted by atomic mass is 10.2. The zero-order chi connectivity index (χ0) is 21.2. The predicted octanol–water partition coefficient (Wildman–Crippen LogP) is 4.70. The number of carbonyl (C=O) groups excluding carboxylic acids is 1. The number of benzene rings is 3.